The Balaban J connectivity index is 1.91. The van der Waals surface area contributed by atoms with Crippen LogP contribution in [0.5, 0.6) is 0 Å². The zero-order chi connectivity index (χ0) is 13.9. The maximum atomic E-state index is 5.78. The lowest BCUT2D eigenvalue weighted by molar-refractivity contribution is 0.224. The van der Waals surface area contributed by atoms with E-state index in [0.717, 1.165) is 13.1 Å². The summed E-state index contributed by atoms with van der Waals surface area (Å²) in [5.41, 5.74) is 5.78. The van der Waals surface area contributed by atoms with Crippen molar-refractivity contribution in [3.8, 4) is 0 Å². The van der Waals surface area contributed by atoms with Crippen molar-refractivity contribution in [2.75, 3.05) is 32.7 Å². The second kappa shape index (κ2) is 10.1. The third kappa shape index (κ3) is 8.87. The minimum absolute atomic E-state index is 0.574. The molecule has 0 amide bonds. The van der Waals surface area contributed by atoms with E-state index in [1.807, 2.05) is 0 Å². The van der Waals surface area contributed by atoms with Crippen molar-refractivity contribution < 1.29 is 0 Å². The Morgan fingerprint density at radius 3 is 2.58 bits per heavy atom. The molecule has 0 radical (unpaired) electrons. The molecule has 0 aromatic carbocycles. The molecule has 1 saturated heterocycles. The summed E-state index contributed by atoms with van der Waals surface area (Å²) in [5.74, 6) is 1.18. The number of unbranched alkanes of at least 4 members (excludes halogenated alkanes) is 2. The van der Waals surface area contributed by atoms with Gasteiger partial charge in [-0.2, -0.15) is 0 Å². The molecule has 0 bridgehead atoms. The van der Waals surface area contributed by atoms with E-state index < -0.39 is 0 Å². The fourth-order valence-corrected chi connectivity index (χ4v) is 2.37. The number of nitrogens with one attached hydrogen (secondary N) is 1. The summed E-state index contributed by atoms with van der Waals surface area (Å²) in [7, 11) is 0. The standard InChI is InChI=1S/C15H32N4/c1-14(2)13-18-15(16)17-9-5-3-6-10-19-11-7-4-8-12-19/h14H,3-13H2,1-2H3,(H3,16,17,18). The molecule has 112 valence electrons. The van der Waals surface area contributed by atoms with Crippen LogP contribution in [0.3, 0.4) is 0 Å². The molecule has 1 aliphatic heterocycles. The van der Waals surface area contributed by atoms with Crippen molar-refractivity contribution in [2.24, 2.45) is 16.6 Å². The summed E-state index contributed by atoms with van der Waals surface area (Å²) in [5, 5.41) is 3.19. The topological polar surface area (TPSA) is 53.6 Å². The molecule has 4 heteroatoms. The van der Waals surface area contributed by atoms with Crippen LogP contribution >= 0.6 is 0 Å². The van der Waals surface area contributed by atoms with E-state index >= 15 is 0 Å². The van der Waals surface area contributed by atoms with E-state index in [1.54, 1.807) is 0 Å². The van der Waals surface area contributed by atoms with Crippen molar-refractivity contribution in [2.45, 2.75) is 52.4 Å². The molecule has 1 heterocycles. The van der Waals surface area contributed by atoms with Crippen molar-refractivity contribution in [1.29, 1.82) is 0 Å². The first-order valence-electron chi connectivity index (χ1n) is 7.94. The van der Waals surface area contributed by atoms with Crippen molar-refractivity contribution in [3.63, 3.8) is 0 Å². The SMILES string of the molecule is CC(C)CN=C(N)NCCCCCN1CCCCC1. The Bertz CT molecular complexity index is 245. The van der Waals surface area contributed by atoms with Gasteiger partial charge in [0, 0.05) is 13.1 Å². The first-order valence-corrected chi connectivity index (χ1v) is 7.94. The fourth-order valence-electron chi connectivity index (χ4n) is 2.37. The Labute approximate surface area is 118 Å². The maximum Gasteiger partial charge on any atom is 0.188 e. The lowest BCUT2D eigenvalue weighted by atomic mass is 10.1. The summed E-state index contributed by atoms with van der Waals surface area (Å²) in [6, 6.07) is 0. The summed E-state index contributed by atoms with van der Waals surface area (Å²) in [4.78, 5) is 6.90. The van der Waals surface area contributed by atoms with Gasteiger partial charge in [0.2, 0.25) is 0 Å². The van der Waals surface area contributed by atoms with Crippen LogP contribution in [0.2, 0.25) is 0 Å². The van der Waals surface area contributed by atoms with E-state index in [1.165, 1.54) is 58.2 Å². The van der Waals surface area contributed by atoms with Crippen LogP contribution < -0.4 is 11.1 Å². The van der Waals surface area contributed by atoms with Gasteiger partial charge in [0.15, 0.2) is 5.96 Å². The van der Waals surface area contributed by atoms with Gasteiger partial charge in [-0.25, -0.2) is 0 Å². The zero-order valence-electron chi connectivity index (χ0n) is 12.8. The number of nitrogens with two attached hydrogens (primary N) is 1. The first-order chi connectivity index (χ1) is 9.18. The molecule has 4 nitrogen and oxygen atoms in total. The van der Waals surface area contributed by atoms with Gasteiger partial charge in [0.05, 0.1) is 0 Å². The Hall–Kier alpha value is -0.770. The smallest absolute Gasteiger partial charge is 0.188 e. The molecule has 0 saturated carbocycles. The monoisotopic (exact) mass is 268 g/mol. The molecule has 3 N–H and O–H groups in total. The molecule has 1 rings (SSSR count). The molecule has 0 spiro atoms. The van der Waals surface area contributed by atoms with Crippen LogP contribution in [-0.4, -0.2) is 43.6 Å². The lowest BCUT2D eigenvalue weighted by Gasteiger charge is -2.26. The van der Waals surface area contributed by atoms with Crippen LogP contribution in [-0.2, 0) is 0 Å². The Kier molecular flexibility index (Phi) is 8.63. The van der Waals surface area contributed by atoms with Crippen molar-refractivity contribution >= 4 is 5.96 Å². The van der Waals surface area contributed by atoms with E-state index in [2.05, 4.69) is 29.1 Å². The van der Waals surface area contributed by atoms with Gasteiger partial charge in [-0.1, -0.05) is 26.7 Å². The highest BCUT2D eigenvalue weighted by atomic mass is 15.1. The Morgan fingerprint density at radius 2 is 1.89 bits per heavy atom. The molecule has 0 atom stereocenters. The van der Waals surface area contributed by atoms with Gasteiger partial charge < -0.3 is 16.0 Å². The van der Waals surface area contributed by atoms with Crippen molar-refractivity contribution in [1.82, 2.24) is 10.2 Å². The summed E-state index contributed by atoms with van der Waals surface area (Å²) >= 11 is 0. The number of nitrogens with zero attached hydrogens (tertiary/aromatic N) is 2. The number of hydrogen-bond donors (Lipinski definition) is 2. The van der Waals surface area contributed by atoms with Crippen LogP contribution in [0.4, 0.5) is 0 Å². The predicted molar refractivity (Wildman–Crippen MR) is 83.5 cm³/mol. The number of guanidine groups is 1. The highest BCUT2D eigenvalue weighted by Crippen LogP contribution is 2.09. The molecular formula is C15H32N4. The van der Waals surface area contributed by atoms with Gasteiger partial charge >= 0.3 is 0 Å². The Morgan fingerprint density at radius 1 is 1.16 bits per heavy atom. The summed E-state index contributed by atoms with van der Waals surface area (Å²) < 4.78 is 0. The number of aliphatic imine (C=N–C) groups is 1. The molecule has 19 heavy (non-hydrogen) atoms. The van der Waals surface area contributed by atoms with Crippen molar-refractivity contribution in [3.05, 3.63) is 0 Å². The van der Waals surface area contributed by atoms with E-state index in [4.69, 9.17) is 5.73 Å². The average Bonchev–Trinajstić information content (AvgIpc) is 2.41. The minimum Gasteiger partial charge on any atom is -0.370 e. The van der Waals surface area contributed by atoms with Gasteiger partial charge in [-0.05, 0) is 51.2 Å². The number of hydrogen-bond acceptors (Lipinski definition) is 2. The lowest BCUT2D eigenvalue weighted by Crippen LogP contribution is -2.33. The van der Waals surface area contributed by atoms with Gasteiger partial charge in [-0.3, -0.25) is 4.99 Å². The van der Waals surface area contributed by atoms with E-state index in [0.29, 0.717) is 11.9 Å². The highest BCUT2D eigenvalue weighted by Gasteiger charge is 2.08. The largest absolute Gasteiger partial charge is 0.370 e. The molecule has 0 aromatic rings. The quantitative estimate of drug-likeness (QED) is 0.403. The van der Waals surface area contributed by atoms with Gasteiger partial charge in [0.1, 0.15) is 0 Å². The highest BCUT2D eigenvalue weighted by molar-refractivity contribution is 5.77. The summed E-state index contributed by atoms with van der Waals surface area (Å²) in [6.45, 7) is 9.97. The van der Waals surface area contributed by atoms with Crippen LogP contribution in [0.25, 0.3) is 0 Å². The number of likely N-dealkylation sites (tertiary alicyclic amines) is 1. The molecule has 0 aromatic heterocycles. The molecule has 1 aliphatic rings. The number of rotatable bonds is 8. The van der Waals surface area contributed by atoms with Crippen LogP contribution in [0, 0.1) is 5.92 Å². The van der Waals surface area contributed by atoms with Crippen LogP contribution in [0.1, 0.15) is 52.4 Å². The molecule has 0 aliphatic carbocycles. The fraction of sp³-hybridized carbons (Fsp3) is 0.933. The third-order valence-electron chi connectivity index (χ3n) is 3.53. The normalized spacial score (nSPS) is 17.9. The van der Waals surface area contributed by atoms with Crippen LogP contribution in [0.15, 0.2) is 4.99 Å². The average molecular weight is 268 g/mol. The third-order valence-corrected chi connectivity index (χ3v) is 3.53. The maximum absolute atomic E-state index is 5.78. The summed E-state index contributed by atoms with van der Waals surface area (Å²) in [6.07, 6.45) is 7.99. The van der Waals surface area contributed by atoms with Gasteiger partial charge in [0.25, 0.3) is 0 Å². The zero-order valence-corrected chi connectivity index (χ0v) is 12.8. The molecule has 1 fully saturated rings. The number of piperidine rings is 1. The minimum atomic E-state index is 0.574. The molecular weight excluding hydrogens is 236 g/mol. The second-order valence-electron chi connectivity index (χ2n) is 6.01. The first kappa shape index (κ1) is 16.3. The second-order valence-corrected chi connectivity index (χ2v) is 6.01. The van der Waals surface area contributed by atoms with E-state index in [9.17, 15) is 0 Å². The predicted octanol–water partition coefficient (Wildman–Crippen LogP) is 2.20. The molecule has 0 unspecified atom stereocenters. The van der Waals surface area contributed by atoms with Gasteiger partial charge in [-0.15, -0.1) is 0 Å². The van der Waals surface area contributed by atoms with E-state index in [-0.39, 0.29) is 0 Å².